The van der Waals surface area contributed by atoms with Crippen LogP contribution in [0.15, 0.2) is 24.8 Å². The van der Waals surface area contributed by atoms with Crippen molar-refractivity contribution in [3.63, 3.8) is 0 Å². The van der Waals surface area contributed by atoms with Crippen LogP contribution >= 0.6 is 0 Å². The largest absolute Gasteiger partial charge is 0.393 e. The summed E-state index contributed by atoms with van der Waals surface area (Å²) in [5.74, 6) is 0. The van der Waals surface area contributed by atoms with E-state index in [1.807, 2.05) is 16.8 Å². The van der Waals surface area contributed by atoms with Crippen molar-refractivity contribution in [2.45, 2.75) is 25.9 Å². The second-order valence-electron chi connectivity index (χ2n) is 3.44. The molecule has 4 nitrogen and oxygen atoms in total. The molecule has 0 spiro atoms. The highest BCUT2D eigenvalue weighted by Crippen LogP contribution is 2.08. The summed E-state index contributed by atoms with van der Waals surface area (Å²) in [6.45, 7) is 1.80. The maximum absolute atomic E-state index is 9.18. The zero-order valence-electron chi connectivity index (χ0n) is 8.09. The van der Waals surface area contributed by atoms with Crippen LogP contribution in [0.3, 0.4) is 0 Å². The van der Waals surface area contributed by atoms with Crippen molar-refractivity contribution < 1.29 is 5.11 Å². The number of aromatic nitrogens is 3. The first-order valence-corrected chi connectivity index (χ1v) is 4.71. The van der Waals surface area contributed by atoms with Crippen LogP contribution in [0, 0.1) is 0 Å². The van der Waals surface area contributed by atoms with Crippen LogP contribution in [-0.4, -0.2) is 25.6 Å². The van der Waals surface area contributed by atoms with Gasteiger partial charge in [-0.25, -0.2) is 4.98 Å². The van der Waals surface area contributed by atoms with Crippen molar-refractivity contribution >= 4 is 5.65 Å². The Labute approximate surface area is 82.2 Å². The summed E-state index contributed by atoms with van der Waals surface area (Å²) < 4.78 is 2.00. The van der Waals surface area contributed by atoms with Gasteiger partial charge in [-0.05, 0) is 19.8 Å². The van der Waals surface area contributed by atoms with Crippen LogP contribution in [0.4, 0.5) is 0 Å². The fourth-order valence-corrected chi connectivity index (χ4v) is 1.44. The van der Waals surface area contributed by atoms with Gasteiger partial charge in [-0.2, -0.15) is 0 Å². The van der Waals surface area contributed by atoms with Crippen LogP contribution in [-0.2, 0) is 6.42 Å². The Kier molecular flexibility index (Phi) is 2.45. The SMILES string of the molecule is CC(O)CCc1cnc2cnccn12. The van der Waals surface area contributed by atoms with Crippen LogP contribution in [0.5, 0.6) is 0 Å². The number of rotatable bonds is 3. The molecular formula is C10H13N3O. The van der Waals surface area contributed by atoms with E-state index in [1.54, 1.807) is 19.3 Å². The second kappa shape index (κ2) is 3.75. The number of aryl methyl sites for hydroxylation is 1. The fourth-order valence-electron chi connectivity index (χ4n) is 1.44. The van der Waals surface area contributed by atoms with E-state index in [0.29, 0.717) is 0 Å². The third kappa shape index (κ3) is 1.75. The summed E-state index contributed by atoms with van der Waals surface area (Å²) in [7, 11) is 0. The van der Waals surface area contributed by atoms with Gasteiger partial charge in [0.05, 0.1) is 12.3 Å². The highest BCUT2D eigenvalue weighted by atomic mass is 16.3. The Morgan fingerprint density at radius 3 is 3.14 bits per heavy atom. The predicted molar refractivity (Wildman–Crippen MR) is 53.0 cm³/mol. The van der Waals surface area contributed by atoms with E-state index in [2.05, 4.69) is 9.97 Å². The average molecular weight is 191 g/mol. The molecule has 2 aromatic rings. The van der Waals surface area contributed by atoms with Crippen LogP contribution in [0.25, 0.3) is 5.65 Å². The van der Waals surface area contributed by atoms with Crippen molar-refractivity contribution in [2.24, 2.45) is 0 Å². The minimum atomic E-state index is -0.262. The van der Waals surface area contributed by atoms with Gasteiger partial charge in [0.25, 0.3) is 0 Å². The highest BCUT2D eigenvalue weighted by Gasteiger charge is 2.03. The van der Waals surface area contributed by atoms with E-state index in [1.165, 1.54) is 0 Å². The number of imidazole rings is 1. The molecular weight excluding hydrogens is 178 g/mol. The minimum absolute atomic E-state index is 0.262. The van der Waals surface area contributed by atoms with Crippen molar-refractivity contribution in [2.75, 3.05) is 0 Å². The molecule has 0 aliphatic rings. The van der Waals surface area contributed by atoms with Gasteiger partial charge in [-0.3, -0.25) is 4.98 Å². The fraction of sp³-hybridized carbons (Fsp3) is 0.400. The quantitative estimate of drug-likeness (QED) is 0.788. The van der Waals surface area contributed by atoms with Gasteiger partial charge >= 0.3 is 0 Å². The van der Waals surface area contributed by atoms with Crippen LogP contribution in [0.1, 0.15) is 19.0 Å². The number of nitrogens with zero attached hydrogens (tertiary/aromatic N) is 3. The Hall–Kier alpha value is -1.42. The molecule has 1 N–H and O–H groups in total. The predicted octanol–water partition coefficient (Wildman–Crippen LogP) is 1.04. The molecule has 0 bridgehead atoms. The van der Waals surface area contributed by atoms with Gasteiger partial charge in [-0.15, -0.1) is 0 Å². The first-order chi connectivity index (χ1) is 6.77. The van der Waals surface area contributed by atoms with Gasteiger partial charge in [0, 0.05) is 24.3 Å². The lowest BCUT2D eigenvalue weighted by molar-refractivity contribution is 0.184. The van der Waals surface area contributed by atoms with Gasteiger partial charge in [-0.1, -0.05) is 0 Å². The molecule has 2 heterocycles. The van der Waals surface area contributed by atoms with Gasteiger partial charge in [0.15, 0.2) is 5.65 Å². The number of aliphatic hydroxyl groups is 1. The van der Waals surface area contributed by atoms with E-state index < -0.39 is 0 Å². The molecule has 0 fully saturated rings. The third-order valence-corrected chi connectivity index (χ3v) is 2.21. The number of hydrogen-bond donors (Lipinski definition) is 1. The number of fused-ring (bicyclic) bond motifs is 1. The molecule has 0 aliphatic carbocycles. The van der Waals surface area contributed by atoms with E-state index in [4.69, 9.17) is 0 Å². The summed E-state index contributed by atoms with van der Waals surface area (Å²) in [6, 6.07) is 0. The topological polar surface area (TPSA) is 50.4 Å². The molecule has 0 radical (unpaired) electrons. The Balaban J connectivity index is 2.25. The summed E-state index contributed by atoms with van der Waals surface area (Å²) in [4.78, 5) is 8.20. The molecule has 1 unspecified atom stereocenters. The maximum atomic E-state index is 9.18. The van der Waals surface area contributed by atoms with E-state index >= 15 is 0 Å². The van der Waals surface area contributed by atoms with E-state index in [-0.39, 0.29) is 6.10 Å². The molecule has 4 heteroatoms. The number of hydrogen-bond acceptors (Lipinski definition) is 3. The Bertz CT molecular complexity index is 422. The van der Waals surface area contributed by atoms with Crippen molar-refractivity contribution in [3.8, 4) is 0 Å². The summed E-state index contributed by atoms with van der Waals surface area (Å²) in [6.07, 6.45) is 8.52. The first-order valence-electron chi connectivity index (χ1n) is 4.71. The molecule has 0 aliphatic heterocycles. The standard InChI is InChI=1S/C10H13N3O/c1-8(14)2-3-9-6-12-10-7-11-4-5-13(9)10/h4-8,14H,2-3H2,1H3. The third-order valence-electron chi connectivity index (χ3n) is 2.21. The highest BCUT2D eigenvalue weighted by molar-refractivity contribution is 5.36. The average Bonchev–Trinajstić information content (AvgIpc) is 2.58. The molecule has 0 saturated carbocycles. The molecule has 0 amide bonds. The molecule has 1 atom stereocenters. The van der Waals surface area contributed by atoms with Gasteiger partial charge in [0.1, 0.15) is 0 Å². The Morgan fingerprint density at radius 1 is 1.50 bits per heavy atom. The van der Waals surface area contributed by atoms with Gasteiger partial charge < -0.3 is 9.51 Å². The molecule has 2 aromatic heterocycles. The van der Waals surface area contributed by atoms with E-state index in [9.17, 15) is 5.11 Å². The first kappa shape index (κ1) is 9.15. The normalized spacial score (nSPS) is 13.3. The number of aliphatic hydroxyl groups excluding tert-OH is 1. The molecule has 14 heavy (non-hydrogen) atoms. The summed E-state index contributed by atoms with van der Waals surface area (Å²) >= 11 is 0. The van der Waals surface area contributed by atoms with Crippen molar-refractivity contribution in [3.05, 3.63) is 30.5 Å². The molecule has 0 saturated heterocycles. The lowest BCUT2D eigenvalue weighted by atomic mass is 10.2. The lowest BCUT2D eigenvalue weighted by Gasteiger charge is -2.03. The molecule has 2 rings (SSSR count). The van der Waals surface area contributed by atoms with Gasteiger partial charge in [0.2, 0.25) is 0 Å². The minimum Gasteiger partial charge on any atom is -0.393 e. The maximum Gasteiger partial charge on any atom is 0.155 e. The summed E-state index contributed by atoms with van der Waals surface area (Å²) in [5.41, 5.74) is 1.97. The molecule has 0 aromatic carbocycles. The zero-order chi connectivity index (χ0) is 9.97. The summed E-state index contributed by atoms with van der Waals surface area (Å²) in [5, 5.41) is 9.18. The smallest absolute Gasteiger partial charge is 0.155 e. The van der Waals surface area contributed by atoms with Crippen molar-refractivity contribution in [1.82, 2.24) is 14.4 Å². The monoisotopic (exact) mass is 191 g/mol. The lowest BCUT2D eigenvalue weighted by Crippen LogP contribution is -2.03. The second-order valence-corrected chi connectivity index (χ2v) is 3.44. The molecule has 74 valence electrons. The van der Waals surface area contributed by atoms with Crippen molar-refractivity contribution in [1.29, 1.82) is 0 Å². The zero-order valence-corrected chi connectivity index (χ0v) is 8.09. The van der Waals surface area contributed by atoms with Crippen LogP contribution in [0.2, 0.25) is 0 Å². The Morgan fingerprint density at radius 2 is 2.36 bits per heavy atom. The van der Waals surface area contributed by atoms with E-state index in [0.717, 1.165) is 24.2 Å². The van der Waals surface area contributed by atoms with Crippen LogP contribution < -0.4 is 0 Å².